The Hall–Kier alpha value is -1.88. The van der Waals surface area contributed by atoms with Crippen LogP contribution in [0, 0.1) is 45.3 Å². The Morgan fingerprint density at radius 1 is 0.681 bits per heavy atom. The number of allylic oxidation sites excluding steroid dienone is 1. The molecule has 4 saturated carbocycles. The van der Waals surface area contributed by atoms with E-state index in [1.165, 1.54) is 13.8 Å². The summed E-state index contributed by atoms with van der Waals surface area (Å²) in [5.41, 5.74) is -0.782. The van der Waals surface area contributed by atoms with Crippen LogP contribution >= 0.6 is 0 Å². The SMILES string of the molecule is CC(=O)OC1C(OC2(C)CC(C=C(C)C)OC34CC5(CO3)C(CCC3C6(C)CCC(OC7OCC(O)C(O)C7OC7OC(C)C(O)C(O)C7O)C(C)(C)C6CCC35C)C24)OC(C)C(O)C1OC(C)=O. The van der Waals surface area contributed by atoms with Crippen molar-refractivity contribution in [1.82, 2.24) is 0 Å². The lowest BCUT2D eigenvalue weighted by Gasteiger charge is -2.70. The summed E-state index contributed by atoms with van der Waals surface area (Å²) < 4.78 is 64.1. The number of fused-ring (bicyclic) bond motifs is 4. The molecule has 0 aromatic heterocycles. The highest BCUT2D eigenvalue weighted by Crippen LogP contribution is 2.80. The maximum Gasteiger partial charge on any atom is 0.303 e. The summed E-state index contributed by atoms with van der Waals surface area (Å²) in [4.78, 5) is 25.0. The highest BCUT2D eigenvalue weighted by Gasteiger charge is 2.81. The summed E-state index contributed by atoms with van der Waals surface area (Å²) in [6.45, 7) is 21.7. The van der Waals surface area contributed by atoms with Gasteiger partial charge in [-0.05, 0) is 107 Å². The van der Waals surface area contributed by atoms with Gasteiger partial charge in [0.25, 0.3) is 0 Å². The van der Waals surface area contributed by atoms with Crippen molar-refractivity contribution < 1.29 is 87.6 Å². The number of ether oxygens (including phenoxy) is 10. The van der Waals surface area contributed by atoms with Gasteiger partial charge >= 0.3 is 11.9 Å². The van der Waals surface area contributed by atoms with Gasteiger partial charge in [0.05, 0.1) is 43.2 Å². The van der Waals surface area contributed by atoms with Crippen LogP contribution in [-0.4, -0.2) is 165 Å². The van der Waals surface area contributed by atoms with E-state index in [-0.39, 0.29) is 58.2 Å². The maximum absolute atomic E-state index is 12.6. The molecule has 9 fully saturated rings. The fraction of sp³-hybridized carbons (Fsp3) is 0.922. The summed E-state index contributed by atoms with van der Waals surface area (Å²) in [5, 5.41) is 64.7. The Balaban J connectivity index is 0.984. The molecule has 5 aliphatic heterocycles. The van der Waals surface area contributed by atoms with E-state index in [0.29, 0.717) is 31.8 Å². The van der Waals surface area contributed by atoms with Crippen molar-refractivity contribution in [2.75, 3.05) is 13.2 Å². The van der Waals surface area contributed by atoms with Gasteiger partial charge in [0.15, 0.2) is 36.9 Å². The van der Waals surface area contributed by atoms with Crippen LogP contribution < -0.4 is 0 Å². The molecule has 6 N–H and O–H groups in total. The quantitative estimate of drug-likeness (QED) is 0.110. The number of aliphatic hydroxyl groups excluding tert-OH is 6. The lowest BCUT2D eigenvalue weighted by molar-refractivity contribution is -0.385. The zero-order chi connectivity index (χ0) is 50.1. The van der Waals surface area contributed by atoms with Crippen molar-refractivity contribution in [3.8, 4) is 0 Å². The third-order valence-electron chi connectivity index (χ3n) is 19.3. The molecule has 18 heteroatoms. The van der Waals surface area contributed by atoms with Gasteiger partial charge < -0.3 is 78.0 Å². The molecule has 25 unspecified atom stereocenters. The first kappa shape index (κ1) is 52.0. The van der Waals surface area contributed by atoms with Gasteiger partial charge in [0.2, 0.25) is 0 Å². The molecule has 392 valence electrons. The molecule has 9 rings (SSSR count). The average Bonchev–Trinajstić information content (AvgIpc) is 3.78. The number of carbonyl (C=O) groups excluding carboxylic acids is 2. The van der Waals surface area contributed by atoms with Crippen molar-refractivity contribution in [3.05, 3.63) is 11.6 Å². The zero-order valence-corrected chi connectivity index (χ0v) is 42.3. The van der Waals surface area contributed by atoms with Gasteiger partial charge in [-0.25, -0.2) is 0 Å². The van der Waals surface area contributed by atoms with Crippen molar-refractivity contribution in [2.45, 2.75) is 237 Å². The molecule has 0 aromatic rings. The average molecular weight is 981 g/mol. The van der Waals surface area contributed by atoms with Gasteiger partial charge in [0.1, 0.15) is 42.7 Å². The molecule has 5 saturated heterocycles. The molecule has 5 heterocycles. The van der Waals surface area contributed by atoms with Crippen LogP contribution in [0.2, 0.25) is 0 Å². The van der Waals surface area contributed by atoms with Crippen molar-refractivity contribution in [3.63, 3.8) is 0 Å². The van der Waals surface area contributed by atoms with Crippen molar-refractivity contribution in [1.29, 1.82) is 0 Å². The third-order valence-corrected chi connectivity index (χ3v) is 19.3. The minimum atomic E-state index is -1.62. The van der Waals surface area contributed by atoms with Crippen LogP contribution in [0.5, 0.6) is 0 Å². The third kappa shape index (κ3) is 8.29. The molecule has 69 heavy (non-hydrogen) atoms. The van der Waals surface area contributed by atoms with Crippen molar-refractivity contribution in [2.24, 2.45) is 45.3 Å². The van der Waals surface area contributed by atoms with Crippen LogP contribution in [0.1, 0.15) is 128 Å². The van der Waals surface area contributed by atoms with Crippen LogP contribution in [0.3, 0.4) is 0 Å². The largest absolute Gasteiger partial charge is 0.455 e. The Morgan fingerprint density at radius 3 is 2.03 bits per heavy atom. The summed E-state index contributed by atoms with van der Waals surface area (Å²) in [6.07, 6.45) is -9.78. The van der Waals surface area contributed by atoms with Crippen LogP contribution in [0.25, 0.3) is 0 Å². The highest BCUT2D eigenvalue weighted by atomic mass is 16.8. The molecule has 4 aliphatic carbocycles. The minimum absolute atomic E-state index is 0.104. The lowest BCUT2D eigenvalue weighted by Crippen LogP contribution is -2.69. The van der Waals surface area contributed by atoms with Crippen LogP contribution in [0.4, 0.5) is 0 Å². The van der Waals surface area contributed by atoms with E-state index in [1.807, 2.05) is 13.8 Å². The van der Waals surface area contributed by atoms with Gasteiger partial charge in [-0.3, -0.25) is 9.59 Å². The molecule has 2 bridgehead atoms. The van der Waals surface area contributed by atoms with E-state index >= 15 is 0 Å². The summed E-state index contributed by atoms with van der Waals surface area (Å²) in [5.74, 6) is -1.80. The van der Waals surface area contributed by atoms with Gasteiger partial charge in [-0.15, -0.1) is 0 Å². The van der Waals surface area contributed by atoms with E-state index in [2.05, 4.69) is 40.7 Å². The Kier molecular flexibility index (Phi) is 13.7. The smallest absolute Gasteiger partial charge is 0.303 e. The zero-order valence-electron chi connectivity index (χ0n) is 42.3. The summed E-state index contributed by atoms with van der Waals surface area (Å²) in [7, 11) is 0. The topological polar surface area (TPSA) is 248 Å². The van der Waals surface area contributed by atoms with E-state index in [1.54, 1.807) is 13.8 Å². The molecule has 2 spiro atoms. The number of carbonyl (C=O) groups is 2. The fourth-order valence-corrected chi connectivity index (χ4v) is 16.4. The number of esters is 2. The molecule has 18 nitrogen and oxygen atoms in total. The fourth-order valence-electron chi connectivity index (χ4n) is 16.4. The number of hydrogen-bond donors (Lipinski definition) is 6. The van der Waals surface area contributed by atoms with Crippen LogP contribution in [-0.2, 0) is 57.0 Å². The van der Waals surface area contributed by atoms with Crippen LogP contribution in [0.15, 0.2) is 11.6 Å². The van der Waals surface area contributed by atoms with E-state index in [4.69, 9.17) is 47.4 Å². The Labute approximate surface area is 405 Å². The normalized spacial score (nSPS) is 54.3. The number of aliphatic hydroxyl groups is 6. The monoisotopic (exact) mass is 981 g/mol. The van der Waals surface area contributed by atoms with E-state index in [0.717, 1.165) is 37.7 Å². The molecule has 0 radical (unpaired) electrons. The van der Waals surface area contributed by atoms with Gasteiger partial charge in [-0.2, -0.15) is 0 Å². The van der Waals surface area contributed by atoms with Gasteiger partial charge in [-0.1, -0.05) is 39.3 Å². The maximum atomic E-state index is 12.6. The van der Waals surface area contributed by atoms with Crippen molar-refractivity contribution >= 4 is 11.9 Å². The molecular weight excluding hydrogens is 901 g/mol. The first-order chi connectivity index (χ1) is 32.2. The Bertz CT molecular complexity index is 1960. The standard InChI is InChI=1S/C51H80O18/c1-23(2)18-28-19-49(11,69-45-41(65-27(6)53)39(64-26(5)52)35(56)25(4)63-45)42-29-12-13-32-47(9)16-15-33(46(7,8)31(47)14-17-48(32,10)50(29)21-51(42,68-28)61-22-50)66-44-40(36(57)30(54)20-60-44)67-43-38(59)37(58)34(55)24(3)62-43/h18,24-25,28-45,54-59H,12-17,19-22H2,1-11H3. The second kappa shape index (κ2) is 18.2. The summed E-state index contributed by atoms with van der Waals surface area (Å²) in [6, 6.07) is 0. The Morgan fingerprint density at radius 2 is 1.35 bits per heavy atom. The first-order valence-corrected chi connectivity index (χ1v) is 25.5. The first-order valence-electron chi connectivity index (χ1n) is 25.5. The second-order valence-corrected chi connectivity index (χ2v) is 24.1. The highest BCUT2D eigenvalue weighted by molar-refractivity contribution is 5.67. The van der Waals surface area contributed by atoms with E-state index < -0.39 is 109 Å². The lowest BCUT2D eigenvalue weighted by atomic mass is 9.35. The van der Waals surface area contributed by atoms with Gasteiger partial charge in [0, 0.05) is 38.0 Å². The molecule has 0 aromatic carbocycles. The summed E-state index contributed by atoms with van der Waals surface area (Å²) >= 11 is 0. The predicted octanol–water partition coefficient (Wildman–Crippen LogP) is 3.16. The molecule has 0 amide bonds. The van der Waals surface area contributed by atoms with E-state index in [9.17, 15) is 40.2 Å². The number of rotatable bonds is 9. The molecular formula is C51H80O18. The molecule has 25 atom stereocenters. The number of hydrogen-bond acceptors (Lipinski definition) is 18. The molecule has 9 aliphatic rings. The predicted molar refractivity (Wildman–Crippen MR) is 241 cm³/mol. The second-order valence-electron chi connectivity index (χ2n) is 24.1. The minimum Gasteiger partial charge on any atom is -0.455 e.